The molecule has 0 radical (unpaired) electrons. The molecule has 0 saturated heterocycles. The van der Waals surface area contributed by atoms with Gasteiger partial charge in [0.25, 0.3) is 0 Å². The van der Waals surface area contributed by atoms with Gasteiger partial charge in [-0.15, -0.1) is 0 Å². The van der Waals surface area contributed by atoms with Crippen LogP contribution < -0.4 is 10.6 Å². The van der Waals surface area contributed by atoms with Crippen LogP contribution in [0, 0.1) is 13.8 Å². The topological polar surface area (TPSA) is 59.0 Å². The molecular formula is C20H22N4O. The maximum absolute atomic E-state index is 12.6. The van der Waals surface area contributed by atoms with Crippen molar-refractivity contribution in [1.29, 1.82) is 0 Å². The van der Waals surface area contributed by atoms with E-state index in [2.05, 4.69) is 59.9 Å². The first-order chi connectivity index (χ1) is 12.0. The van der Waals surface area contributed by atoms with E-state index in [1.54, 1.807) is 0 Å². The zero-order chi connectivity index (χ0) is 17.6. The molecule has 128 valence electrons. The van der Waals surface area contributed by atoms with Crippen LogP contribution in [0.15, 0.2) is 36.4 Å². The van der Waals surface area contributed by atoms with Crippen LogP contribution in [-0.2, 0) is 24.8 Å². The summed E-state index contributed by atoms with van der Waals surface area (Å²) >= 11 is 0. The van der Waals surface area contributed by atoms with Crippen molar-refractivity contribution in [3.05, 3.63) is 58.8 Å². The predicted molar refractivity (Wildman–Crippen MR) is 99.6 cm³/mol. The molecule has 1 amide bonds. The Morgan fingerprint density at radius 3 is 2.84 bits per heavy atom. The minimum absolute atomic E-state index is 0.0142. The molecule has 3 aromatic rings. The number of aromatic nitrogens is 2. The number of aryl methyl sites for hydroxylation is 3. The fourth-order valence-electron chi connectivity index (χ4n) is 3.53. The highest BCUT2D eigenvalue weighted by atomic mass is 16.2. The summed E-state index contributed by atoms with van der Waals surface area (Å²) < 4.78 is 1.86. The summed E-state index contributed by atoms with van der Waals surface area (Å²) in [6.45, 7) is 4.57. The molecule has 0 fully saturated rings. The summed E-state index contributed by atoms with van der Waals surface area (Å²) in [7, 11) is 1.93. The average molecular weight is 334 g/mol. The highest BCUT2D eigenvalue weighted by molar-refractivity contribution is 5.88. The molecule has 1 aliphatic rings. The number of hydrogen-bond donors (Lipinski definition) is 2. The van der Waals surface area contributed by atoms with Crippen LogP contribution in [-0.4, -0.2) is 21.7 Å². The predicted octanol–water partition coefficient (Wildman–Crippen LogP) is 2.84. The number of amides is 1. The van der Waals surface area contributed by atoms with E-state index in [-0.39, 0.29) is 11.9 Å². The quantitative estimate of drug-likeness (QED) is 0.774. The van der Waals surface area contributed by atoms with Gasteiger partial charge < -0.3 is 10.6 Å². The van der Waals surface area contributed by atoms with Gasteiger partial charge in [-0.2, -0.15) is 5.10 Å². The van der Waals surface area contributed by atoms with Gasteiger partial charge >= 0.3 is 0 Å². The van der Waals surface area contributed by atoms with Crippen molar-refractivity contribution < 1.29 is 4.79 Å². The molecule has 1 aliphatic heterocycles. The van der Waals surface area contributed by atoms with Crippen LogP contribution >= 0.6 is 0 Å². The van der Waals surface area contributed by atoms with Crippen LogP contribution in [0.5, 0.6) is 0 Å². The number of hydrogen-bond acceptors (Lipinski definition) is 3. The van der Waals surface area contributed by atoms with E-state index in [1.165, 1.54) is 16.7 Å². The van der Waals surface area contributed by atoms with Crippen molar-refractivity contribution >= 4 is 22.5 Å². The Bertz CT molecular complexity index is 973. The number of benzene rings is 2. The second kappa shape index (κ2) is 5.92. The van der Waals surface area contributed by atoms with Crippen molar-refractivity contribution in [2.45, 2.75) is 32.9 Å². The maximum Gasteiger partial charge on any atom is 0.243 e. The molecule has 2 aromatic carbocycles. The van der Waals surface area contributed by atoms with E-state index < -0.39 is 0 Å². The molecule has 2 N–H and O–H groups in total. The van der Waals surface area contributed by atoms with Gasteiger partial charge in [0.05, 0.1) is 17.8 Å². The van der Waals surface area contributed by atoms with Crippen LogP contribution in [0.1, 0.15) is 22.4 Å². The highest BCUT2D eigenvalue weighted by Crippen LogP contribution is 2.27. The molecule has 1 atom stereocenters. The summed E-state index contributed by atoms with van der Waals surface area (Å²) in [5, 5.41) is 12.0. The maximum atomic E-state index is 12.6. The highest BCUT2D eigenvalue weighted by Gasteiger charge is 2.26. The standard InChI is InChI=1S/C20H22N4O/c1-12-4-6-16-14(8-12)10-17(22-16)20(25)21-11-18-15-9-13(2)5-7-19(15)24(3)23-18/h4-9,17,22H,10-11H2,1-3H3,(H,21,25). The summed E-state index contributed by atoms with van der Waals surface area (Å²) in [5.74, 6) is 0.0142. The molecule has 0 spiro atoms. The Morgan fingerprint density at radius 1 is 1.24 bits per heavy atom. The Balaban J connectivity index is 1.47. The van der Waals surface area contributed by atoms with Gasteiger partial charge in [0.1, 0.15) is 6.04 Å². The van der Waals surface area contributed by atoms with Crippen molar-refractivity contribution in [3.63, 3.8) is 0 Å². The third kappa shape index (κ3) is 2.86. The van der Waals surface area contributed by atoms with Gasteiger partial charge in [-0.25, -0.2) is 0 Å². The number of anilines is 1. The lowest BCUT2D eigenvalue weighted by Crippen LogP contribution is -2.38. The van der Waals surface area contributed by atoms with Crippen LogP contribution in [0.25, 0.3) is 10.9 Å². The summed E-state index contributed by atoms with van der Waals surface area (Å²) in [5.41, 5.74) is 6.66. The molecule has 1 aromatic heterocycles. The fourth-order valence-corrected chi connectivity index (χ4v) is 3.53. The Hall–Kier alpha value is -2.82. The lowest BCUT2D eigenvalue weighted by atomic mass is 10.1. The first-order valence-electron chi connectivity index (χ1n) is 8.57. The summed E-state index contributed by atoms with van der Waals surface area (Å²) in [4.78, 5) is 12.6. The van der Waals surface area contributed by atoms with Gasteiger partial charge in [0, 0.05) is 24.5 Å². The van der Waals surface area contributed by atoms with Crippen LogP contribution in [0.2, 0.25) is 0 Å². The average Bonchev–Trinajstić information content (AvgIpc) is 3.13. The number of nitrogens with zero attached hydrogens (tertiary/aromatic N) is 2. The van der Waals surface area contributed by atoms with E-state index in [0.717, 1.165) is 28.7 Å². The fraction of sp³-hybridized carbons (Fsp3) is 0.300. The van der Waals surface area contributed by atoms with Crippen molar-refractivity contribution in [2.24, 2.45) is 7.05 Å². The lowest BCUT2D eigenvalue weighted by molar-refractivity contribution is -0.121. The van der Waals surface area contributed by atoms with Crippen molar-refractivity contribution in [2.75, 3.05) is 5.32 Å². The number of fused-ring (bicyclic) bond motifs is 2. The third-order valence-corrected chi connectivity index (χ3v) is 4.84. The molecule has 2 heterocycles. The SMILES string of the molecule is Cc1ccc2c(c1)CC(C(=O)NCc1nn(C)c3ccc(C)cc13)N2. The van der Waals surface area contributed by atoms with Crippen LogP contribution in [0.3, 0.4) is 0 Å². The monoisotopic (exact) mass is 334 g/mol. The van der Waals surface area contributed by atoms with E-state index in [1.807, 2.05) is 17.8 Å². The second-order valence-electron chi connectivity index (χ2n) is 6.87. The Kier molecular flexibility index (Phi) is 3.71. The molecule has 0 bridgehead atoms. The number of carbonyl (C=O) groups is 1. The zero-order valence-corrected chi connectivity index (χ0v) is 14.8. The first kappa shape index (κ1) is 15.7. The van der Waals surface area contributed by atoms with E-state index in [0.29, 0.717) is 6.54 Å². The van der Waals surface area contributed by atoms with E-state index in [9.17, 15) is 4.79 Å². The summed E-state index contributed by atoms with van der Waals surface area (Å²) in [6, 6.07) is 12.3. The van der Waals surface area contributed by atoms with Gasteiger partial charge in [-0.3, -0.25) is 9.48 Å². The number of nitrogens with one attached hydrogen (secondary N) is 2. The van der Waals surface area contributed by atoms with E-state index in [4.69, 9.17) is 0 Å². The molecule has 4 rings (SSSR count). The lowest BCUT2D eigenvalue weighted by Gasteiger charge is -2.11. The van der Waals surface area contributed by atoms with Crippen molar-refractivity contribution in [1.82, 2.24) is 15.1 Å². The Labute approximate surface area is 147 Å². The molecule has 25 heavy (non-hydrogen) atoms. The minimum atomic E-state index is -0.214. The molecule has 0 saturated carbocycles. The minimum Gasteiger partial charge on any atom is -0.373 e. The van der Waals surface area contributed by atoms with Crippen molar-refractivity contribution in [3.8, 4) is 0 Å². The molecular weight excluding hydrogens is 312 g/mol. The molecule has 1 unspecified atom stereocenters. The largest absolute Gasteiger partial charge is 0.373 e. The molecule has 5 nitrogen and oxygen atoms in total. The second-order valence-corrected chi connectivity index (χ2v) is 6.87. The Morgan fingerprint density at radius 2 is 2.00 bits per heavy atom. The van der Waals surface area contributed by atoms with Gasteiger partial charge in [-0.1, -0.05) is 29.3 Å². The smallest absolute Gasteiger partial charge is 0.243 e. The third-order valence-electron chi connectivity index (χ3n) is 4.84. The van der Waals surface area contributed by atoms with Crippen LogP contribution in [0.4, 0.5) is 5.69 Å². The van der Waals surface area contributed by atoms with Gasteiger partial charge in [-0.05, 0) is 37.6 Å². The van der Waals surface area contributed by atoms with Gasteiger partial charge in [0.15, 0.2) is 0 Å². The normalized spacial score (nSPS) is 15.9. The number of carbonyl (C=O) groups excluding carboxylic acids is 1. The van der Waals surface area contributed by atoms with E-state index >= 15 is 0 Å². The first-order valence-corrected chi connectivity index (χ1v) is 8.57. The summed E-state index contributed by atoms with van der Waals surface area (Å²) in [6.07, 6.45) is 0.727. The van der Waals surface area contributed by atoms with Gasteiger partial charge in [0.2, 0.25) is 5.91 Å². The molecule has 0 aliphatic carbocycles. The molecule has 5 heteroatoms. The number of rotatable bonds is 3. The zero-order valence-electron chi connectivity index (χ0n) is 14.8.